The highest BCUT2D eigenvalue weighted by atomic mass is 16.2. The molecule has 0 aromatic rings. The number of amides is 1. The lowest BCUT2D eigenvalue weighted by Gasteiger charge is -2.39. The first-order valence-electron chi connectivity index (χ1n) is 4.47. The summed E-state index contributed by atoms with van der Waals surface area (Å²) < 4.78 is 0. The molecule has 0 aromatic carbocycles. The van der Waals surface area contributed by atoms with Gasteiger partial charge in [-0.25, -0.2) is 0 Å². The van der Waals surface area contributed by atoms with Crippen LogP contribution >= 0.6 is 0 Å². The summed E-state index contributed by atoms with van der Waals surface area (Å²) in [7, 11) is 1.85. The van der Waals surface area contributed by atoms with Crippen LogP contribution in [0.25, 0.3) is 0 Å². The highest BCUT2D eigenvalue weighted by molar-refractivity contribution is 5.89. The molecular weight excluding hydrogens is 154 g/mol. The fraction of sp³-hybridized carbons (Fsp3) is 0.778. The van der Waals surface area contributed by atoms with Crippen LogP contribution in [0.5, 0.6) is 0 Å². The summed E-state index contributed by atoms with van der Waals surface area (Å²) in [5.41, 5.74) is 0. The Labute approximate surface area is 71.7 Å². The van der Waals surface area contributed by atoms with Gasteiger partial charge < -0.3 is 4.90 Å². The van der Waals surface area contributed by atoms with Crippen molar-refractivity contribution in [1.29, 1.82) is 0 Å². The lowest BCUT2D eigenvalue weighted by Crippen LogP contribution is -2.48. The van der Waals surface area contributed by atoms with Gasteiger partial charge in [0.05, 0.1) is 0 Å². The maximum absolute atomic E-state index is 11.3. The SMILES string of the molecule is CN1C(=O)CC2CC1CCC2=O. The van der Waals surface area contributed by atoms with Crippen LogP contribution < -0.4 is 0 Å². The summed E-state index contributed by atoms with van der Waals surface area (Å²) in [5, 5.41) is 0. The zero-order chi connectivity index (χ0) is 8.72. The molecule has 3 nitrogen and oxygen atoms in total. The molecule has 1 saturated heterocycles. The monoisotopic (exact) mass is 167 g/mol. The minimum Gasteiger partial charge on any atom is -0.343 e. The maximum Gasteiger partial charge on any atom is 0.223 e. The van der Waals surface area contributed by atoms with E-state index in [1.54, 1.807) is 0 Å². The van der Waals surface area contributed by atoms with Crippen molar-refractivity contribution in [2.75, 3.05) is 7.05 Å². The maximum atomic E-state index is 11.3. The Balaban J connectivity index is 2.18. The van der Waals surface area contributed by atoms with E-state index >= 15 is 0 Å². The molecule has 1 aliphatic carbocycles. The average molecular weight is 167 g/mol. The van der Waals surface area contributed by atoms with Crippen LogP contribution in [0.1, 0.15) is 25.7 Å². The van der Waals surface area contributed by atoms with Gasteiger partial charge in [-0.15, -0.1) is 0 Å². The third-order valence-corrected chi connectivity index (χ3v) is 3.10. The van der Waals surface area contributed by atoms with Gasteiger partial charge >= 0.3 is 0 Å². The van der Waals surface area contributed by atoms with Crippen LogP contribution in [0.3, 0.4) is 0 Å². The normalized spacial score (nSPS) is 35.6. The Morgan fingerprint density at radius 1 is 1.42 bits per heavy atom. The smallest absolute Gasteiger partial charge is 0.223 e. The molecule has 1 amide bonds. The standard InChI is InChI=1S/C9H13NO2/c1-10-7-2-3-8(11)6(4-7)5-9(10)12/h6-7H,2-5H2,1H3. The highest BCUT2D eigenvalue weighted by Gasteiger charge is 2.38. The van der Waals surface area contributed by atoms with E-state index in [0.717, 1.165) is 12.8 Å². The second-order valence-electron chi connectivity index (χ2n) is 3.80. The second kappa shape index (κ2) is 2.57. The summed E-state index contributed by atoms with van der Waals surface area (Å²) >= 11 is 0. The lowest BCUT2D eigenvalue weighted by molar-refractivity contribution is -0.144. The number of rotatable bonds is 0. The van der Waals surface area contributed by atoms with Crippen LogP contribution in [-0.4, -0.2) is 29.7 Å². The first-order valence-corrected chi connectivity index (χ1v) is 4.47. The number of piperidine rings is 1. The number of hydrogen-bond acceptors (Lipinski definition) is 2. The molecule has 3 heteroatoms. The van der Waals surface area contributed by atoms with Gasteiger partial charge in [-0.2, -0.15) is 0 Å². The van der Waals surface area contributed by atoms with E-state index in [-0.39, 0.29) is 11.8 Å². The molecule has 2 fully saturated rings. The molecule has 0 spiro atoms. The quantitative estimate of drug-likeness (QED) is 0.529. The summed E-state index contributed by atoms with van der Waals surface area (Å²) in [6.07, 6.45) is 2.90. The van der Waals surface area contributed by atoms with Crippen molar-refractivity contribution in [2.45, 2.75) is 31.7 Å². The van der Waals surface area contributed by atoms with Crippen molar-refractivity contribution in [2.24, 2.45) is 5.92 Å². The fourth-order valence-electron chi connectivity index (χ4n) is 2.20. The minimum atomic E-state index is 0.0486. The minimum absolute atomic E-state index is 0.0486. The Bertz CT molecular complexity index is 237. The number of hydrogen-bond donors (Lipinski definition) is 0. The van der Waals surface area contributed by atoms with E-state index in [0.29, 0.717) is 24.7 Å². The Morgan fingerprint density at radius 2 is 2.17 bits per heavy atom. The number of carbonyl (C=O) groups excluding carboxylic acids is 2. The van der Waals surface area contributed by atoms with Crippen molar-refractivity contribution >= 4 is 11.7 Å². The number of fused-ring (bicyclic) bond motifs is 2. The summed E-state index contributed by atoms with van der Waals surface area (Å²) in [6, 6.07) is 0.342. The molecule has 2 bridgehead atoms. The third kappa shape index (κ3) is 1.04. The number of ketones is 1. The molecule has 2 aliphatic rings. The van der Waals surface area contributed by atoms with Gasteiger partial charge in [-0.1, -0.05) is 0 Å². The Hall–Kier alpha value is -0.860. The molecule has 1 aliphatic heterocycles. The van der Waals surface area contributed by atoms with Gasteiger partial charge in [0.25, 0.3) is 0 Å². The van der Waals surface area contributed by atoms with Crippen molar-refractivity contribution in [3.8, 4) is 0 Å². The van der Waals surface area contributed by atoms with Gasteiger partial charge in [0.1, 0.15) is 5.78 Å². The Kier molecular flexibility index (Phi) is 1.67. The third-order valence-electron chi connectivity index (χ3n) is 3.10. The van der Waals surface area contributed by atoms with Crippen LogP contribution in [0.15, 0.2) is 0 Å². The van der Waals surface area contributed by atoms with Gasteiger partial charge in [0.15, 0.2) is 0 Å². The molecule has 1 heterocycles. The first kappa shape index (κ1) is 7.77. The fourth-order valence-corrected chi connectivity index (χ4v) is 2.20. The second-order valence-corrected chi connectivity index (χ2v) is 3.80. The van der Waals surface area contributed by atoms with Gasteiger partial charge in [0.2, 0.25) is 5.91 Å². The van der Waals surface area contributed by atoms with E-state index in [9.17, 15) is 9.59 Å². The van der Waals surface area contributed by atoms with Gasteiger partial charge in [0, 0.05) is 31.8 Å². The largest absolute Gasteiger partial charge is 0.343 e. The molecule has 66 valence electrons. The molecule has 2 atom stereocenters. The van der Waals surface area contributed by atoms with Crippen LogP contribution in [0.2, 0.25) is 0 Å². The average Bonchev–Trinajstić information content (AvgIpc) is 2.06. The number of Topliss-reactive ketones (excluding diaryl/α,β-unsaturated/α-hetero) is 1. The zero-order valence-corrected chi connectivity index (χ0v) is 7.25. The van der Waals surface area contributed by atoms with Crippen molar-refractivity contribution < 1.29 is 9.59 Å². The summed E-state index contributed by atoms with van der Waals surface area (Å²) in [5.74, 6) is 0.490. The van der Waals surface area contributed by atoms with Gasteiger partial charge in [-0.3, -0.25) is 9.59 Å². The molecule has 0 N–H and O–H groups in total. The van der Waals surface area contributed by atoms with E-state index in [1.165, 1.54) is 0 Å². The van der Waals surface area contributed by atoms with Crippen molar-refractivity contribution in [1.82, 2.24) is 4.90 Å². The molecule has 0 radical (unpaired) electrons. The molecule has 2 unspecified atom stereocenters. The van der Waals surface area contributed by atoms with Crippen molar-refractivity contribution in [3.05, 3.63) is 0 Å². The summed E-state index contributed by atoms with van der Waals surface area (Å²) in [4.78, 5) is 24.4. The van der Waals surface area contributed by atoms with E-state index in [4.69, 9.17) is 0 Å². The highest BCUT2D eigenvalue weighted by Crippen LogP contribution is 2.31. The first-order chi connectivity index (χ1) is 5.68. The van der Waals surface area contributed by atoms with Crippen LogP contribution in [0, 0.1) is 5.92 Å². The number of likely N-dealkylation sites (tertiary alicyclic amines) is 1. The van der Waals surface area contributed by atoms with Crippen molar-refractivity contribution in [3.63, 3.8) is 0 Å². The predicted octanol–water partition coefficient (Wildman–Crippen LogP) is 0.586. The Morgan fingerprint density at radius 3 is 2.92 bits per heavy atom. The lowest BCUT2D eigenvalue weighted by atomic mass is 9.79. The van der Waals surface area contributed by atoms with E-state index in [1.807, 2.05) is 11.9 Å². The summed E-state index contributed by atoms with van der Waals surface area (Å²) in [6.45, 7) is 0. The van der Waals surface area contributed by atoms with E-state index in [2.05, 4.69) is 0 Å². The topological polar surface area (TPSA) is 37.4 Å². The zero-order valence-electron chi connectivity index (χ0n) is 7.25. The molecule has 0 aromatic heterocycles. The molecule has 1 saturated carbocycles. The van der Waals surface area contributed by atoms with Gasteiger partial charge in [-0.05, 0) is 12.8 Å². The molecule has 2 rings (SSSR count). The number of carbonyl (C=O) groups is 2. The predicted molar refractivity (Wildman–Crippen MR) is 43.5 cm³/mol. The van der Waals surface area contributed by atoms with E-state index < -0.39 is 0 Å². The number of nitrogens with zero attached hydrogens (tertiary/aromatic N) is 1. The van der Waals surface area contributed by atoms with Crippen LogP contribution in [0.4, 0.5) is 0 Å². The molecule has 12 heavy (non-hydrogen) atoms. The van der Waals surface area contributed by atoms with Crippen LogP contribution in [-0.2, 0) is 9.59 Å². The molecular formula is C9H13NO2.